The Balaban J connectivity index is 2.30. The van der Waals surface area contributed by atoms with Crippen molar-refractivity contribution in [3.8, 4) is 0 Å². The minimum Gasteiger partial charge on any atom is -0.391 e. The molecule has 2 rings (SSSR count). The first kappa shape index (κ1) is 11.9. The van der Waals surface area contributed by atoms with Gasteiger partial charge in [-0.2, -0.15) is 5.10 Å². The van der Waals surface area contributed by atoms with Gasteiger partial charge in [-0.3, -0.25) is 4.68 Å². The highest BCUT2D eigenvalue weighted by Gasteiger charge is 2.26. The molecule has 0 saturated heterocycles. The van der Waals surface area contributed by atoms with Gasteiger partial charge in [-0.1, -0.05) is 30.9 Å². The van der Waals surface area contributed by atoms with E-state index in [1.54, 1.807) is 0 Å². The van der Waals surface area contributed by atoms with Crippen LogP contribution in [0, 0.1) is 13.8 Å². The van der Waals surface area contributed by atoms with Crippen molar-refractivity contribution in [2.24, 2.45) is 0 Å². The Kier molecular flexibility index (Phi) is 3.55. The molecule has 1 N–H and O–H groups in total. The Hall–Kier alpha value is -0.540. The molecule has 1 aromatic rings. The number of halogens is 1. The molecule has 3 nitrogen and oxygen atoms in total. The van der Waals surface area contributed by atoms with Crippen LogP contribution in [0.3, 0.4) is 0 Å². The maximum atomic E-state index is 10.1. The van der Waals surface area contributed by atoms with Crippen molar-refractivity contribution < 1.29 is 5.11 Å². The first-order valence-electron chi connectivity index (χ1n) is 6.00. The molecular formula is C12H19ClN2O. The molecule has 0 radical (unpaired) electrons. The molecule has 2 unspecified atom stereocenters. The van der Waals surface area contributed by atoms with Gasteiger partial charge >= 0.3 is 0 Å². The van der Waals surface area contributed by atoms with Gasteiger partial charge in [0.25, 0.3) is 0 Å². The van der Waals surface area contributed by atoms with Gasteiger partial charge in [-0.05, 0) is 26.7 Å². The van der Waals surface area contributed by atoms with Crippen molar-refractivity contribution in [2.75, 3.05) is 0 Å². The highest BCUT2D eigenvalue weighted by Crippen LogP contribution is 2.31. The molecule has 1 aliphatic carbocycles. The van der Waals surface area contributed by atoms with E-state index < -0.39 is 0 Å². The summed E-state index contributed by atoms with van der Waals surface area (Å²) in [6, 6.07) is 0.105. The minimum atomic E-state index is -0.281. The number of hydrogen-bond donors (Lipinski definition) is 1. The third kappa shape index (κ3) is 2.11. The fraction of sp³-hybridized carbons (Fsp3) is 0.750. The van der Waals surface area contributed by atoms with Crippen LogP contribution in [-0.2, 0) is 0 Å². The van der Waals surface area contributed by atoms with Crippen LogP contribution in [0.4, 0.5) is 0 Å². The van der Waals surface area contributed by atoms with Crippen molar-refractivity contribution in [1.29, 1.82) is 0 Å². The van der Waals surface area contributed by atoms with E-state index in [1.807, 2.05) is 18.5 Å². The summed E-state index contributed by atoms with van der Waals surface area (Å²) in [5.74, 6) is 0. The SMILES string of the molecule is Cc1nn(C2CCCCCC2O)c(C)c1Cl. The average molecular weight is 243 g/mol. The van der Waals surface area contributed by atoms with Crippen LogP contribution >= 0.6 is 11.6 Å². The van der Waals surface area contributed by atoms with Gasteiger partial charge in [0.15, 0.2) is 0 Å². The largest absolute Gasteiger partial charge is 0.391 e. The Labute approximate surface area is 101 Å². The molecule has 1 heterocycles. The van der Waals surface area contributed by atoms with Gasteiger partial charge in [0, 0.05) is 0 Å². The van der Waals surface area contributed by atoms with Crippen LogP contribution in [0.1, 0.15) is 49.5 Å². The van der Waals surface area contributed by atoms with Gasteiger partial charge in [-0.25, -0.2) is 0 Å². The third-order valence-corrected chi connectivity index (χ3v) is 4.04. The van der Waals surface area contributed by atoms with E-state index in [-0.39, 0.29) is 12.1 Å². The summed E-state index contributed by atoms with van der Waals surface area (Å²) in [6.07, 6.45) is 5.08. The molecule has 2 atom stereocenters. The van der Waals surface area contributed by atoms with Gasteiger partial charge in [0.05, 0.1) is 28.6 Å². The topological polar surface area (TPSA) is 38.0 Å². The predicted octanol–water partition coefficient (Wildman–Crippen LogP) is 3.02. The van der Waals surface area contributed by atoms with Crippen molar-refractivity contribution in [3.63, 3.8) is 0 Å². The maximum absolute atomic E-state index is 10.1. The molecule has 16 heavy (non-hydrogen) atoms. The quantitative estimate of drug-likeness (QED) is 0.769. The Morgan fingerprint density at radius 2 is 1.94 bits per heavy atom. The second kappa shape index (κ2) is 4.76. The lowest BCUT2D eigenvalue weighted by atomic mass is 10.1. The average Bonchev–Trinajstić information content (AvgIpc) is 2.47. The number of aliphatic hydroxyl groups excluding tert-OH is 1. The highest BCUT2D eigenvalue weighted by molar-refractivity contribution is 6.31. The van der Waals surface area contributed by atoms with Gasteiger partial charge in [-0.15, -0.1) is 0 Å². The summed E-state index contributed by atoms with van der Waals surface area (Å²) in [6.45, 7) is 3.88. The Bertz CT molecular complexity index is 375. The van der Waals surface area contributed by atoms with Crippen molar-refractivity contribution in [2.45, 2.75) is 58.1 Å². The molecule has 0 spiro atoms. The van der Waals surface area contributed by atoms with Crippen LogP contribution in [0.2, 0.25) is 5.02 Å². The van der Waals surface area contributed by atoms with Gasteiger partial charge < -0.3 is 5.11 Å². The van der Waals surface area contributed by atoms with Crippen LogP contribution in [0.5, 0.6) is 0 Å². The first-order chi connectivity index (χ1) is 7.61. The molecule has 0 aromatic carbocycles. The van der Waals surface area contributed by atoms with E-state index in [0.717, 1.165) is 42.1 Å². The lowest BCUT2D eigenvalue weighted by molar-refractivity contribution is 0.0978. The minimum absolute atomic E-state index is 0.105. The van der Waals surface area contributed by atoms with E-state index in [4.69, 9.17) is 11.6 Å². The van der Waals surface area contributed by atoms with E-state index in [9.17, 15) is 5.11 Å². The predicted molar refractivity (Wildman–Crippen MR) is 64.8 cm³/mol. The molecule has 0 bridgehead atoms. The summed E-state index contributed by atoms with van der Waals surface area (Å²) in [5.41, 5.74) is 1.83. The standard InChI is InChI=1S/C12H19ClN2O/c1-8-12(13)9(2)15(14-8)10-6-4-3-5-7-11(10)16/h10-11,16H,3-7H2,1-2H3. The monoisotopic (exact) mass is 242 g/mol. The molecular weight excluding hydrogens is 224 g/mol. The summed E-state index contributed by atoms with van der Waals surface area (Å²) >= 11 is 6.14. The Morgan fingerprint density at radius 3 is 2.56 bits per heavy atom. The van der Waals surface area contributed by atoms with E-state index in [2.05, 4.69) is 5.10 Å². The van der Waals surface area contributed by atoms with E-state index in [0.29, 0.717) is 0 Å². The second-order valence-corrected chi connectivity index (χ2v) is 5.08. The number of rotatable bonds is 1. The smallest absolute Gasteiger partial charge is 0.0844 e. The molecule has 1 aliphatic rings. The van der Waals surface area contributed by atoms with E-state index in [1.165, 1.54) is 6.42 Å². The van der Waals surface area contributed by atoms with Crippen LogP contribution < -0.4 is 0 Å². The normalized spacial score (nSPS) is 26.8. The fourth-order valence-electron chi connectivity index (χ4n) is 2.52. The molecule has 4 heteroatoms. The molecule has 90 valence electrons. The van der Waals surface area contributed by atoms with Gasteiger partial charge in [0.1, 0.15) is 0 Å². The molecule has 0 amide bonds. The number of nitrogens with zero attached hydrogens (tertiary/aromatic N) is 2. The van der Waals surface area contributed by atoms with Crippen LogP contribution in [-0.4, -0.2) is 21.0 Å². The number of aromatic nitrogens is 2. The third-order valence-electron chi connectivity index (χ3n) is 3.49. The Morgan fingerprint density at radius 1 is 1.25 bits per heavy atom. The second-order valence-electron chi connectivity index (χ2n) is 4.70. The maximum Gasteiger partial charge on any atom is 0.0844 e. The lowest BCUT2D eigenvalue weighted by Crippen LogP contribution is -2.24. The number of aryl methyl sites for hydroxylation is 1. The summed E-state index contributed by atoms with van der Waals surface area (Å²) in [4.78, 5) is 0. The fourth-order valence-corrected chi connectivity index (χ4v) is 2.64. The van der Waals surface area contributed by atoms with Crippen molar-refractivity contribution in [1.82, 2.24) is 9.78 Å². The van der Waals surface area contributed by atoms with Crippen molar-refractivity contribution in [3.05, 3.63) is 16.4 Å². The molecule has 0 aliphatic heterocycles. The molecule has 1 saturated carbocycles. The number of hydrogen-bond acceptors (Lipinski definition) is 2. The lowest BCUT2D eigenvalue weighted by Gasteiger charge is -2.22. The van der Waals surface area contributed by atoms with Gasteiger partial charge in [0.2, 0.25) is 0 Å². The summed E-state index contributed by atoms with van der Waals surface area (Å²) < 4.78 is 1.92. The zero-order valence-electron chi connectivity index (χ0n) is 9.91. The van der Waals surface area contributed by atoms with Crippen LogP contribution in [0.15, 0.2) is 0 Å². The first-order valence-corrected chi connectivity index (χ1v) is 6.38. The zero-order chi connectivity index (χ0) is 11.7. The van der Waals surface area contributed by atoms with Crippen LogP contribution in [0.25, 0.3) is 0 Å². The molecule has 1 fully saturated rings. The summed E-state index contributed by atoms with van der Waals surface area (Å²) in [7, 11) is 0. The highest BCUT2D eigenvalue weighted by atomic mass is 35.5. The van der Waals surface area contributed by atoms with E-state index >= 15 is 0 Å². The summed E-state index contributed by atoms with van der Waals surface area (Å²) in [5, 5.41) is 15.3. The molecule has 1 aromatic heterocycles. The number of aliphatic hydroxyl groups is 1. The van der Waals surface area contributed by atoms with Crippen molar-refractivity contribution >= 4 is 11.6 Å². The zero-order valence-corrected chi connectivity index (χ0v) is 10.7.